The maximum atomic E-state index is 10.3. The topological polar surface area (TPSA) is 20.2 Å². The predicted molar refractivity (Wildman–Crippen MR) is 138 cm³/mol. The molecule has 0 aliphatic heterocycles. The summed E-state index contributed by atoms with van der Waals surface area (Å²) in [5.74, 6) is 7.70. The van der Waals surface area contributed by atoms with Gasteiger partial charge in [-0.15, -0.1) is 0 Å². The molecule has 34 heavy (non-hydrogen) atoms. The van der Waals surface area contributed by atoms with Gasteiger partial charge in [-0.1, -0.05) is 44.6 Å². The lowest BCUT2D eigenvalue weighted by molar-refractivity contribution is -0.176. The summed E-state index contributed by atoms with van der Waals surface area (Å²) in [6, 6.07) is 0. The van der Waals surface area contributed by atoms with E-state index in [0.717, 1.165) is 65.6 Å². The van der Waals surface area contributed by atoms with Crippen LogP contribution in [-0.4, -0.2) is 11.2 Å². The molecule has 2 bridgehead atoms. The lowest BCUT2D eigenvalue weighted by Crippen LogP contribution is -2.59. The monoisotopic (exact) mass is 460 g/mol. The van der Waals surface area contributed by atoms with Gasteiger partial charge in [0, 0.05) is 0 Å². The van der Waals surface area contributed by atoms with Gasteiger partial charge in [-0.25, -0.2) is 0 Å². The van der Waals surface area contributed by atoms with E-state index >= 15 is 0 Å². The van der Waals surface area contributed by atoms with Crippen LogP contribution in [0.1, 0.15) is 104 Å². The van der Waals surface area contributed by atoms with Gasteiger partial charge in [-0.2, -0.15) is 0 Å². The molecule has 0 saturated heterocycles. The van der Waals surface area contributed by atoms with Gasteiger partial charge in [0.05, 0.1) is 6.10 Å². The number of aliphatic hydroxyl groups excluding tert-OH is 1. The summed E-state index contributed by atoms with van der Waals surface area (Å²) < 4.78 is 0. The molecule has 8 rings (SSSR count). The Bertz CT molecular complexity index is 942. The van der Waals surface area contributed by atoms with Crippen LogP contribution >= 0.6 is 0 Å². The SMILES string of the molecule is C[C@H](/C=C/C12CC3CC4CC(C1)C43C2)[C@H]1CC[C@H]2[C@@H]3CC=C4C[C@@H](O)CC[C@]4(C)[C@H]3CC[C@]12C. The van der Waals surface area contributed by atoms with Crippen molar-refractivity contribution >= 4 is 0 Å². The molecular weight excluding hydrogens is 412 g/mol. The van der Waals surface area contributed by atoms with Crippen molar-refractivity contribution in [3.63, 3.8) is 0 Å². The second kappa shape index (κ2) is 6.65. The van der Waals surface area contributed by atoms with Crippen molar-refractivity contribution in [2.75, 3.05) is 0 Å². The smallest absolute Gasteiger partial charge is 0.0577 e. The molecule has 186 valence electrons. The first-order valence-corrected chi connectivity index (χ1v) is 15.3. The van der Waals surface area contributed by atoms with E-state index in [1.807, 2.05) is 0 Å². The summed E-state index contributed by atoms with van der Waals surface area (Å²) in [5.41, 5.74) is 4.02. The lowest BCUT2D eigenvalue weighted by Gasteiger charge is -2.66. The van der Waals surface area contributed by atoms with E-state index in [1.165, 1.54) is 38.5 Å². The van der Waals surface area contributed by atoms with Crippen LogP contribution in [-0.2, 0) is 0 Å². The predicted octanol–water partition coefficient (Wildman–Crippen LogP) is 7.94. The average molecular weight is 461 g/mol. The molecule has 8 aliphatic rings. The van der Waals surface area contributed by atoms with E-state index in [4.69, 9.17) is 0 Å². The summed E-state index contributed by atoms with van der Waals surface area (Å²) in [4.78, 5) is 0. The third-order valence-electron chi connectivity index (χ3n) is 14.9. The third kappa shape index (κ3) is 2.43. The van der Waals surface area contributed by atoms with Crippen LogP contribution in [0.2, 0.25) is 0 Å². The highest BCUT2D eigenvalue weighted by atomic mass is 16.3. The van der Waals surface area contributed by atoms with Crippen LogP contribution in [0.5, 0.6) is 0 Å². The van der Waals surface area contributed by atoms with Crippen molar-refractivity contribution in [3.05, 3.63) is 23.8 Å². The van der Waals surface area contributed by atoms with Gasteiger partial charge in [0.1, 0.15) is 0 Å². The van der Waals surface area contributed by atoms with Crippen molar-refractivity contribution in [3.8, 4) is 0 Å². The van der Waals surface area contributed by atoms with Crippen molar-refractivity contribution in [1.82, 2.24) is 0 Å². The van der Waals surface area contributed by atoms with E-state index in [2.05, 4.69) is 39.0 Å². The molecule has 0 aromatic carbocycles. The van der Waals surface area contributed by atoms with Crippen molar-refractivity contribution in [1.29, 1.82) is 0 Å². The molecule has 10 atom stereocenters. The maximum absolute atomic E-state index is 10.3. The number of fused-ring (bicyclic) bond motifs is 6. The second-order valence-electron chi connectivity index (χ2n) is 15.7. The Balaban J connectivity index is 1.02. The van der Waals surface area contributed by atoms with E-state index in [1.54, 1.807) is 37.7 Å². The Hall–Kier alpha value is -0.560. The average Bonchev–Trinajstić information content (AvgIpc) is 3.41. The molecule has 1 heteroatoms. The minimum absolute atomic E-state index is 0.0803. The molecule has 0 aromatic heterocycles. The minimum atomic E-state index is -0.0803. The van der Waals surface area contributed by atoms with Crippen molar-refractivity contribution in [2.45, 2.75) is 110 Å². The Morgan fingerprint density at radius 2 is 1.76 bits per heavy atom. The highest BCUT2D eigenvalue weighted by Crippen LogP contribution is 2.84. The van der Waals surface area contributed by atoms with Crippen LogP contribution in [0.4, 0.5) is 0 Å². The zero-order valence-corrected chi connectivity index (χ0v) is 22.1. The van der Waals surface area contributed by atoms with Gasteiger partial charge in [0.2, 0.25) is 0 Å². The van der Waals surface area contributed by atoms with E-state index < -0.39 is 0 Å². The van der Waals surface area contributed by atoms with E-state index in [9.17, 15) is 5.11 Å². The molecule has 8 aliphatic carbocycles. The Labute approximate surface area is 208 Å². The largest absolute Gasteiger partial charge is 0.393 e. The fourth-order valence-corrected chi connectivity index (χ4v) is 13.4. The molecular formula is C33H48O. The Kier molecular flexibility index (Phi) is 4.21. The van der Waals surface area contributed by atoms with Crippen molar-refractivity contribution in [2.24, 2.45) is 69.0 Å². The first-order chi connectivity index (χ1) is 16.3. The lowest BCUT2D eigenvalue weighted by atomic mass is 9.38. The van der Waals surface area contributed by atoms with Crippen LogP contribution in [0.25, 0.3) is 0 Å². The third-order valence-corrected chi connectivity index (χ3v) is 14.9. The number of rotatable bonds is 3. The standard InChI is InChI=1S/C33H48O/c1-20(8-13-32-17-23-14-22-15-24(18-32)33(22,23)19-32)27-6-7-28-26-5-4-21-16-25(34)9-11-30(21,2)29(26)10-12-31(27,28)3/h4,8,13,20,22-29,34H,5-7,9-12,14-19H2,1-3H3/b13-8+/t20-,22?,23?,24?,25+,26+,27-,28+,29+,30+,31-,32?,33?/m1/s1. The van der Waals surface area contributed by atoms with Crippen LogP contribution in [0.3, 0.4) is 0 Å². The number of allylic oxidation sites excluding steroid dienone is 3. The highest BCUT2D eigenvalue weighted by Gasteiger charge is 2.76. The van der Waals surface area contributed by atoms with Gasteiger partial charge in [0.15, 0.2) is 0 Å². The zero-order chi connectivity index (χ0) is 23.1. The van der Waals surface area contributed by atoms with Crippen molar-refractivity contribution < 1.29 is 5.11 Å². The number of hydrogen-bond donors (Lipinski definition) is 1. The molecule has 2 unspecified atom stereocenters. The molecule has 1 nitrogen and oxygen atoms in total. The van der Waals surface area contributed by atoms with Crippen LogP contribution in [0, 0.1) is 69.0 Å². The summed E-state index contributed by atoms with van der Waals surface area (Å²) in [5, 5.41) is 10.3. The fraction of sp³-hybridized carbons (Fsp3) is 0.879. The maximum Gasteiger partial charge on any atom is 0.0577 e. The first kappa shape index (κ1) is 21.5. The molecule has 0 aromatic rings. The molecule has 0 radical (unpaired) electrons. The summed E-state index contributed by atoms with van der Waals surface area (Å²) >= 11 is 0. The van der Waals surface area contributed by atoms with E-state index in [-0.39, 0.29) is 6.10 Å². The Morgan fingerprint density at radius 1 is 0.971 bits per heavy atom. The van der Waals surface area contributed by atoms with Gasteiger partial charge in [-0.3, -0.25) is 0 Å². The quantitative estimate of drug-likeness (QED) is 0.424. The number of hydrogen-bond acceptors (Lipinski definition) is 1. The van der Waals surface area contributed by atoms with E-state index in [0.29, 0.717) is 16.2 Å². The molecule has 7 fully saturated rings. The van der Waals surface area contributed by atoms with Gasteiger partial charge in [0.25, 0.3) is 0 Å². The summed E-state index contributed by atoms with van der Waals surface area (Å²) in [6.07, 6.45) is 26.2. The molecule has 7 saturated carbocycles. The van der Waals surface area contributed by atoms with Crippen LogP contribution in [0.15, 0.2) is 23.8 Å². The summed E-state index contributed by atoms with van der Waals surface area (Å²) in [6.45, 7) is 7.89. The summed E-state index contributed by atoms with van der Waals surface area (Å²) in [7, 11) is 0. The molecule has 0 heterocycles. The second-order valence-corrected chi connectivity index (χ2v) is 15.7. The molecule has 1 N–H and O–H groups in total. The normalized spacial score (nSPS) is 61.6. The van der Waals surface area contributed by atoms with Gasteiger partial charge in [-0.05, 0) is 152 Å². The minimum Gasteiger partial charge on any atom is -0.393 e. The molecule has 1 spiro atoms. The number of aliphatic hydroxyl groups is 1. The zero-order valence-electron chi connectivity index (χ0n) is 22.1. The highest BCUT2D eigenvalue weighted by molar-refractivity contribution is 5.30. The van der Waals surface area contributed by atoms with Gasteiger partial charge < -0.3 is 5.11 Å². The first-order valence-electron chi connectivity index (χ1n) is 15.3. The Morgan fingerprint density at radius 3 is 2.50 bits per heavy atom. The van der Waals surface area contributed by atoms with Crippen LogP contribution < -0.4 is 0 Å². The molecule has 0 amide bonds. The van der Waals surface area contributed by atoms with Gasteiger partial charge >= 0.3 is 0 Å². The fourth-order valence-electron chi connectivity index (χ4n) is 13.4.